The predicted molar refractivity (Wildman–Crippen MR) is 302 cm³/mol. The number of nitrogens with zero attached hydrogens (tertiary/aromatic N) is 1. The summed E-state index contributed by atoms with van der Waals surface area (Å²) in [5, 5.41) is 13.8. The third-order valence-corrected chi connectivity index (χ3v) is 12.9. The molecule has 8 nitrogen and oxygen atoms in total. The highest BCUT2D eigenvalue weighted by Gasteiger charge is 2.23. The van der Waals surface area contributed by atoms with Crippen molar-refractivity contribution in [2.75, 3.05) is 40.9 Å². The fraction of sp³-hybridized carbons (Fsp3) is 0.689. The van der Waals surface area contributed by atoms with Crippen LogP contribution in [0.2, 0.25) is 0 Å². The lowest BCUT2D eigenvalue weighted by molar-refractivity contribution is -0.870. The van der Waals surface area contributed by atoms with Crippen LogP contribution in [0, 0.1) is 0 Å². The molecule has 0 aliphatic rings. The minimum absolute atomic E-state index is 0.0118. The van der Waals surface area contributed by atoms with Gasteiger partial charge in [-0.2, -0.15) is 0 Å². The Hall–Kier alpha value is -2.84. The van der Waals surface area contributed by atoms with Gasteiger partial charge in [-0.05, 0) is 89.9 Å². The number of amides is 1. The number of aliphatic hydroxyl groups excluding tert-OH is 1. The highest BCUT2D eigenvalue weighted by atomic mass is 31.2. The van der Waals surface area contributed by atoms with Crippen LogP contribution in [0.15, 0.2) is 109 Å². The van der Waals surface area contributed by atoms with Crippen molar-refractivity contribution in [2.24, 2.45) is 0 Å². The number of unbranched alkanes of at least 4 members (excludes halogenated alkanes) is 21. The van der Waals surface area contributed by atoms with Crippen molar-refractivity contribution >= 4 is 13.7 Å². The topological polar surface area (TPSA) is 108 Å². The minimum Gasteiger partial charge on any atom is -0.756 e. The number of hydrogen-bond donors (Lipinski definition) is 2. The third-order valence-electron chi connectivity index (χ3n) is 12.0. The first-order valence-electron chi connectivity index (χ1n) is 28.2. The van der Waals surface area contributed by atoms with Crippen LogP contribution in [0.1, 0.15) is 219 Å². The van der Waals surface area contributed by atoms with Gasteiger partial charge in [0, 0.05) is 6.42 Å². The number of carbonyl (C=O) groups is 1. The number of aliphatic hydroxyl groups is 1. The molecule has 3 atom stereocenters. The fourth-order valence-corrected chi connectivity index (χ4v) is 8.28. The maximum absolute atomic E-state index is 12.9. The molecule has 3 unspecified atom stereocenters. The van der Waals surface area contributed by atoms with Crippen LogP contribution in [0.25, 0.3) is 0 Å². The zero-order chi connectivity index (χ0) is 51.3. The van der Waals surface area contributed by atoms with Gasteiger partial charge in [0.15, 0.2) is 0 Å². The van der Waals surface area contributed by atoms with Crippen molar-refractivity contribution in [3.05, 3.63) is 109 Å². The standard InChI is InChI=1S/C61H107N2O6P/c1-6-8-10-12-14-16-18-20-22-23-24-25-26-27-28-29-30-31-32-33-34-35-36-37-38-39-41-43-45-47-49-51-53-55-61(65)62-59(58-69-70(66,67)68-57-56-63(3,4)5)60(64)54-52-50-48-46-44-42-40-21-19-17-15-13-11-9-7-2/h8,10,14,16,20,22,24-25,27-28,30-31,33-34,44,46,52,54,59-60,64H,6-7,9,11-13,15,17-19,21,23,26,29,32,35-43,45,47-51,53,55-58H2,1-5H3,(H-,62,65,66,67)/b10-8-,16-14-,22-20-,25-24-,28-27-,31-30-,34-33-,46-44+,54-52+. The zero-order valence-electron chi connectivity index (χ0n) is 45.7. The average Bonchev–Trinajstić information content (AvgIpc) is 3.32. The van der Waals surface area contributed by atoms with Gasteiger partial charge in [-0.1, -0.05) is 232 Å². The molecule has 0 aliphatic heterocycles. The number of carbonyl (C=O) groups excluding carboxylic acids is 1. The van der Waals surface area contributed by atoms with Crippen molar-refractivity contribution in [1.82, 2.24) is 5.32 Å². The smallest absolute Gasteiger partial charge is 0.268 e. The normalized spacial score (nSPS) is 14.8. The van der Waals surface area contributed by atoms with Crippen LogP contribution in [0.4, 0.5) is 0 Å². The van der Waals surface area contributed by atoms with E-state index < -0.39 is 26.6 Å². The first-order chi connectivity index (χ1) is 34.0. The molecule has 0 rings (SSSR count). The molecular weight excluding hydrogens is 888 g/mol. The summed E-state index contributed by atoms with van der Waals surface area (Å²) in [4.78, 5) is 25.5. The monoisotopic (exact) mass is 995 g/mol. The molecule has 1 amide bonds. The van der Waals surface area contributed by atoms with Gasteiger partial charge >= 0.3 is 0 Å². The molecule has 0 aromatic heterocycles. The first kappa shape index (κ1) is 67.2. The van der Waals surface area contributed by atoms with E-state index in [1.54, 1.807) is 6.08 Å². The molecular formula is C61H107N2O6P. The number of hydrogen-bond acceptors (Lipinski definition) is 6. The molecule has 0 bridgehead atoms. The van der Waals surface area contributed by atoms with Gasteiger partial charge in [-0.25, -0.2) is 0 Å². The van der Waals surface area contributed by atoms with Crippen molar-refractivity contribution in [2.45, 2.75) is 231 Å². The van der Waals surface area contributed by atoms with Crippen LogP contribution in [-0.4, -0.2) is 68.5 Å². The molecule has 0 fully saturated rings. The lowest BCUT2D eigenvalue weighted by Gasteiger charge is -2.29. The molecule has 2 N–H and O–H groups in total. The Labute approximate surface area is 431 Å². The van der Waals surface area contributed by atoms with Gasteiger partial charge in [0.2, 0.25) is 5.91 Å². The summed E-state index contributed by atoms with van der Waals surface area (Å²) in [6.45, 7) is 4.50. The van der Waals surface area contributed by atoms with E-state index in [4.69, 9.17) is 9.05 Å². The Morgan fingerprint density at radius 2 is 0.886 bits per heavy atom. The van der Waals surface area contributed by atoms with Gasteiger partial charge in [0.05, 0.1) is 39.9 Å². The molecule has 0 spiro atoms. The van der Waals surface area contributed by atoms with Crippen molar-refractivity contribution in [3.8, 4) is 0 Å². The number of rotatable bonds is 50. The molecule has 0 saturated heterocycles. The summed E-state index contributed by atoms with van der Waals surface area (Å²) in [5.41, 5.74) is 0. The second kappa shape index (κ2) is 51.1. The molecule has 0 saturated carbocycles. The molecule has 0 radical (unpaired) electrons. The Balaban J connectivity index is 4.19. The summed E-state index contributed by atoms with van der Waals surface area (Å²) in [6.07, 6.45) is 74.5. The van der Waals surface area contributed by atoms with Crippen LogP contribution in [0.3, 0.4) is 0 Å². The van der Waals surface area contributed by atoms with Crippen LogP contribution >= 0.6 is 7.82 Å². The van der Waals surface area contributed by atoms with Gasteiger partial charge in [0.1, 0.15) is 13.2 Å². The van der Waals surface area contributed by atoms with Crippen LogP contribution in [0.5, 0.6) is 0 Å². The van der Waals surface area contributed by atoms with E-state index >= 15 is 0 Å². The lowest BCUT2D eigenvalue weighted by atomic mass is 10.0. The number of nitrogens with one attached hydrogen (secondary N) is 1. The van der Waals surface area contributed by atoms with E-state index in [0.717, 1.165) is 83.5 Å². The Morgan fingerprint density at radius 1 is 0.514 bits per heavy atom. The average molecular weight is 996 g/mol. The molecule has 0 heterocycles. The van der Waals surface area contributed by atoms with Crippen molar-refractivity contribution < 1.29 is 32.9 Å². The number of likely N-dealkylation sites (N-methyl/N-ethyl adjacent to an activating group) is 1. The number of phosphoric acid groups is 1. The maximum Gasteiger partial charge on any atom is 0.268 e. The molecule has 70 heavy (non-hydrogen) atoms. The summed E-state index contributed by atoms with van der Waals surface area (Å²) < 4.78 is 23.3. The second-order valence-electron chi connectivity index (χ2n) is 19.9. The largest absolute Gasteiger partial charge is 0.756 e. The van der Waals surface area contributed by atoms with E-state index in [1.807, 2.05) is 27.2 Å². The second-order valence-corrected chi connectivity index (χ2v) is 21.3. The number of allylic oxidation sites excluding steroid dienone is 17. The van der Waals surface area contributed by atoms with E-state index in [9.17, 15) is 19.4 Å². The summed E-state index contributed by atoms with van der Waals surface area (Å²) in [6, 6.07) is -0.911. The van der Waals surface area contributed by atoms with E-state index in [1.165, 1.54) is 116 Å². The number of phosphoric ester groups is 1. The van der Waals surface area contributed by atoms with E-state index in [-0.39, 0.29) is 12.5 Å². The van der Waals surface area contributed by atoms with Crippen molar-refractivity contribution in [3.63, 3.8) is 0 Å². The SMILES string of the molecule is CC/C=C\C/C=C\C/C=C\C/C=C\C/C=C\C/C=C\C/C=C\CCCCCCCCCCCCCC(=O)NC(COP(=O)([O-])OCC[N+](C)(C)C)C(O)/C=C/CC/C=C/CCCCCCCCCCC. The minimum atomic E-state index is -4.61. The third kappa shape index (κ3) is 53.0. The quantitative estimate of drug-likeness (QED) is 0.0272. The molecule has 0 aromatic carbocycles. The lowest BCUT2D eigenvalue weighted by Crippen LogP contribution is -2.45. The highest BCUT2D eigenvalue weighted by molar-refractivity contribution is 7.45. The van der Waals surface area contributed by atoms with Gasteiger partial charge in [-0.3, -0.25) is 9.36 Å². The zero-order valence-corrected chi connectivity index (χ0v) is 46.6. The molecule has 0 aromatic rings. The van der Waals surface area contributed by atoms with Gasteiger partial charge in [0.25, 0.3) is 7.82 Å². The maximum atomic E-state index is 12.9. The fourth-order valence-electron chi connectivity index (χ4n) is 7.56. The predicted octanol–water partition coefficient (Wildman–Crippen LogP) is 16.6. The van der Waals surface area contributed by atoms with Gasteiger partial charge in [-0.15, -0.1) is 0 Å². The Kier molecular flexibility index (Phi) is 49.0. The van der Waals surface area contributed by atoms with E-state index in [0.29, 0.717) is 17.4 Å². The van der Waals surface area contributed by atoms with Gasteiger partial charge < -0.3 is 28.8 Å². The summed E-state index contributed by atoms with van der Waals surface area (Å²) in [5.74, 6) is -0.215. The Bertz CT molecular complexity index is 1500. The molecule has 9 heteroatoms. The highest BCUT2D eigenvalue weighted by Crippen LogP contribution is 2.38. The summed E-state index contributed by atoms with van der Waals surface area (Å²) >= 11 is 0. The number of quaternary nitrogens is 1. The Morgan fingerprint density at radius 3 is 1.33 bits per heavy atom. The molecule has 0 aliphatic carbocycles. The molecule has 402 valence electrons. The van der Waals surface area contributed by atoms with Crippen LogP contribution < -0.4 is 10.2 Å². The summed E-state index contributed by atoms with van der Waals surface area (Å²) in [7, 11) is 1.23. The van der Waals surface area contributed by atoms with E-state index in [2.05, 4.69) is 116 Å². The van der Waals surface area contributed by atoms with Crippen LogP contribution in [-0.2, 0) is 18.4 Å². The van der Waals surface area contributed by atoms with Crippen molar-refractivity contribution in [1.29, 1.82) is 0 Å². The first-order valence-corrected chi connectivity index (χ1v) is 29.7.